The van der Waals surface area contributed by atoms with Crippen LogP contribution in [0.5, 0.6) is 0 Å². The lowest BCUT2D eigenvalue weighted by atomic mass is 9.85. The minimum absolute atomic E-state index is 0.424. The summed E-state index contributed by atoms with van der Waals surface area (Å²) >= 11 is 0. The van der Waals surface area contributed by atoms with Crippen LogP contribution in [0.1, 0.15) is 84.0 Å². The van der Waals surface area contributed by atoms with E-state index in [9.17, 15) is 0 Å². The van der Waals surface area contributed by atoms with Crippen LogP contribution in [0.4, 0.5) is 0 Å². The summed E-state index contributed by atoms with van der Waals surface area (Å²) in [4.78, 5) is 0. The predicted molar refractivity (Wildman–Crippen MR) is 90.6 cm³/mol. The molecule has 2 saturated carbocycles. The van der Waals surface area contributed by atoms with Crippen molar-refractivity contribution in [3.63, 3.8) is 0 Å². The molecule has 2 rings (SSSR count). The van der Waals surface area contributed by atoms with Crippen molar-refractivity contribution in [2.45, 2.75) is 84.0 Å². The zero-order chi connectivity index (χ0) is 14.0. The highest BCUT2D eigenvalue weighted by Gasteiger charge is 2.20. The molecule has 0 aromatic rings. The van der Waals surface area contributed by atoms with Gasteiger partial charge < -0.3 is 4.43 Å². The average molecular weight is 295 g/mol. The van der Waals surface area contributed by atoms with Crippen molar-refractivity contribution < 1.29 is 4.43 Å². The largest absolute Gasteiger partial charge is 0.419 e. The molecule has 0 saturated heterocycles. The maximum atomic E-state index is 6.10. The topological polar surface area (TPSA) is 9.23 Å². The van der Waals surface area contributed by atoms with E-state index in [-0.39, 0.29) is 0 Å². The molecule has 20 heavy (non-hydrogen) atoms. The number of hydrogen-bond donors (Lipinski definition) is 0. The second kappa shape index (κ2) is 9.78. The Labute approximate surface area is 128 Å². The molecule has 0 unspecified atom stereocenters. The average Bonchev–Trinajstić information content (AvgIpc) is 2.52. The third-order valence-corrected chi connectivity index (χ3v) is 6.78. The summed E-state index contributed by atoms with van der Waals surface area (Å²) in [6.45, 7) is 3.27. The van der Waals surface area contributed by atoms with Gasteiger partial charge in [-0.15, -0.1) is 0 Å². The van der Waals surface area contributed by atoms with E-state index >= 15 is 0 Å². The normalized spacial score (nSPS) is 23.8. The molecule has 2 heteroatoms. The Morgan fingerprint density at radius 2 is 1.65 bits per heavy atom. The molecule has 0 atom stereocenters. The first kappa shape index (κ1) is 16.3. The van der Waals surface area contributed by atoms with E-state index in [1.54, 1.807) is 5.20 Å². The van der Waals surface area contributed by atoms with Crippen LogP contribution in [0.2, 0.25) is 0 Å². The van der Waals surface area contributed by atoms with E-state index in [1.165, 1.54) is 77.0 Å². The van der Waals surface area contributed by atoms with Crippen LogP contribution in [0.3, 0.4) is 0 Å². The third-order valence-electron chi connectivity index (χ3n) is 5.14. The summed E-state index contributed by atoms with van der Waals surface area (Å²) in [6, 6.07) is 0. The molecule has 0 bridgehead atoms. The van der Waals surface area contributed by atoms with E-state index in [0.29, 0.717) is 0 Å². The second-order valence-electron chi connectivity index (χ2n) is 6.88. The minimum Gasteiger partial charge on any atom is -0.419 e. The van der Waals surface area contributed by atoms with E-state index in [4.69, 9.17) is 4.43 Å². The van der Waals surface area contributed by atoms with Gasteiger partial charge in [-0.3, -0.25) is 0 Å². The van der Waals surface area contributed by atoms with Crippen molar-refractivity contribution >= 4 is 9.76 Å². The molecule has 0 amide bonds. The molecule has 0 N–H and O–H groups in total. The number of hydrogen-bond acceptors (Lipinski definition) is 1. The Balaban J connectivity index is 1.88. The van der Waals surface area contributed by atoms with Gasteiger partial charge in [0, 0.05) is 6.61 Å². The van der Waals surface area contributed by atoms with Crippen LogP contribution in [-0.4, -0.2) is 16.4 Å². The molecule has 0 aromatic heterocycles. The van der Waals surface area contributed by atoms with Crippen molar-refractivity contribution in [3.05, 3.63) is 11.3 Å². The highest BCUT2D eigenvalue weighted by molar-refractivity contribution is 6.38. The van der Waals surface area contributed by atoms with Gasteiger partial charge in [0.15, 0.2) is 9.76 Å². The summed E-state index contributed by atoms with van der Waals surface area (Å²) in [7, 11) is -0.424. The quantitative estimate of drug-likeness (QED) is 0.478. The van der Waals surface area contributed by atoms with Crippen molar-refractivity contribution in [3.8, 4) is 0 Å². The maximum absolute atomic E-state index is 6.10. The number of allylic oxidation sites excluding steroid dienone is 2. The molecule has 2 fully saturated rings. The van der Waals surface area contributed by atoms with Crippen LogP contribution in [0.25, 0.3) is 0 Å². The van der Waals surface area contributed by atoms with Crippen LogP contribution >= 0.6 is 0 Å². The zero-order valence-corrected chi connectivity index (χ0v) is 15.0. The molecule has 0 aliphatic heterocycles. The fourth-order valence-corrected chi connectivity index (χ4v) is 5.47. The lowest BCUT2D eigenvalue weighted by Crippen LogP contribution is -2.18. The van der Waals surface area contributed by atoms with Gasteiger partial charge >= 0.3 is 0 Å². The molecular formula is C18H34OSi. The van der Waals surface area contributed by atoms with Crippen LogP contribution in [0.15, 0.2) is 11.3 Å². The molecule has 2 aliphatic carbocycles. The molecular weight excluding hydrogens is 260 g/mol. The van der Waals surface area contributed by atoms with Crippen molar-refractivity contribution in [1.82, 2.24) is 0 Å². The minimum atomic E-state index is -0.424. The molecule has 0 radical (unpaired) electrons. The molecule has 2 aliphatic rings. The van der Waals surface area contributed by atoms with Crippen molar-refractivity contribution in [2.24, 2.45) is 11.8 Å². The Morgan fingerprint density at radius 3 is 2.30 bits per heavy atom. The maximum Gasteiger partial charge on any atom is 0.188 e. The van der Waals surface area contributed by atoms with Gasteiger partial charge in [-0.25, -0.2) is 0 Å². The highest BCUT2D eigenvalue weighted by Crippen LogP contribution is 2.32. The summed E-state index contributed by atoms with van der Waals surface area (Å²) < 4.78 is 6.10. The fourth-order valence-electron chi connectivity index (χ4n) is 3.82. The Bertz CT molecular complexity index is 275. The van der Waals surface area contributed by atoms with E-state index < -0.39 is 9.76 Å². The molecule has 0 aromatic carbocycles. The highest BCUT2D eigenvalue weighted by atomic mass is 28.2. The lowest BCUT2D eigenvalue weighted by molar-refractivity contribution is 0.321. The lowest BCUT2D eigenvalue weighted by Gasteiger charge is -2.27. The van der Waals surface area contributed by atoms with Gasteiger partial charge in [-0.1, -0.05) is 63.1 Å². The van der Waals surface area contributed by atoms with Crippen LogP contribution < -0.4 is 0 Å². The third kappa shape index (κ3) is 5.73. The van der Waals surface area contributed by atoms with Gasteiger partial charge in [0.25, 0.3) is 0 Å². The fraction of sp³-hybridized carbons (Fsp3) is 0.889. The molecule has 1 nitrogen and oxygen atoms in total. The standard InChI is InChI=1S/C18H34OSi/c1-2-3-14-19-20-18(17-12-8-5-9-13-17)15-16-10-6-4-7-11-16/h15-17H,2-14,20H2,1H3. The number of rotatable bonds is 7. The predicted octanol–water partition coefficient (Wildman–Crippen LogP) is 4.93. The van der Waals surface area contributed by atoms with Crippen molar-refractivity contribution in [2.75, 3.05) is 6.61 Å². The molecule has 0 heterocycles. The Kier molecular flexibility index (Phi) is 7.97. The summed E-state index contributed by atoms with van der Waals surface area (Å²) in [5.41, 5.74) is 0. The summed E-state index contributed by atoms with van der Waals surface area (Å²) in [5, 5.41) is 1.80. The van der Waals surface area contributed by atoms with Gasteiger partial charge in [-0.05, 0) is 43.9 Å². The second-order valence-corrected chi connectivity index (χ2v) is 8.39. The monoisotopic (exact) mass is 294 g/mol. The first-order valence-corrected chi connectivity index (χ1v) is 10.5. The van der Waals surface area contributed by atoms with E-state index in [2.05, 4.69) is 13.0 Å². The zero-order valence-electron chi connectivity index (χ0n) is 13.5. The van der Waals surface area contributed by atoms with Crippen LogP contribution in [-0.2, 0) is 4.43 Å². The Morgan fingerprint density at radius 1 is 1.00 bits per heavy atom. The number of unbranched alkanes of at least 4 members (excludes halogenated alkanes) is 1. The molecule has 0 spiro atoms. The van der Waals surface area contributed by atoms with Gasteiger partial charge in [0.1, 0.15) is 0 Å². The SMILES string of the molecule is CCCCO[SiH2]C(=CC1CCCCC1)C1CCCCC1. The van der Waals surface area contributed by atoms with E-state index in [0.717, 1.165) is 18.4 Å². The first-order valence-electron chi connectivity index (χ1n) is 9.18. The van der Waals surface area contributed by atoms with Gasteiger partial charge in [0.2, 0.25) is 0 Å². The van der Waals surface area contributed by atoms with Gasteiger partial charge in [-0.2, -0.15) is 0 Å². The first-order chi connectivity index (χ1) is 9.90. The smallest absolute Gasteiger partial charge is 0.188 e. The van der Waals surface area contributed by atoms with Gasteiger partial charge in [0.05, 0.1) is 0 Å². The summed E-state index contributed by atoms with van der Waals surface area (Å²) in [6.07, 6.45) is 19.7. The molecule has 116 valence electrons. The van der Waals surface area contributed by atoms with Crippen molar-refractivity contribution in [1.29, 1.82) is 0 Å². The Hall–Kier alpha value is -0.0831. The van der Waals surface area contributed by atoms with E-state index in [1.807, 2.05) is 0 Å². The summed E-state index contributed by atoms with van der Waals surface area (Å²) in [5.74, 6) is 1.79. The van der Waals surface area contributed by atoms with Crippen LogP contribution in [0, 0.1) is 11.8 Å².